The first-order valence-corrected chi connectivity index (χ1v) is 12.0. The third kappa shape index (κ3) is 3.85. The molecule has 9 heteroatoms. The number of aromatic amines is 1. The van der Waals surface area contributed by atoms with E-state index in [2.05, 4.69) is 15.0 Å². The SMILES string of the molecule is CCN(C(=O)CSc1nc(C2CC2)nc2c1c(=O)[nH]c(=O)n2C1CC1)c1ccccc1C. The Labute approximate surface area is 189 Å². The number of amides is 1. The van der Waals surface area contributed by atoms with Gasteiger partial charge in [-0.2, -0.15) is 0 Å². The maximum atomic E-state index is 13.1. The fourth-order valence-corrected chi connectivity index (χ4v) is 4.89. The summed E-state index contributed by atoms with van der Waals surface area (Å²) in [4.78, 5) is 51.9. The first-order chi connectivity index (χ1) is 15.5. The Morgan fingerprint density at radius 2 is 1.94 bits per heavy atom. The second-order valence-electron chi connectivity index (χ2n) is 8.43. The van der Waals surface area contributed by atoms with Gasteiger partial charge < -0.3 is 4.90 Å². The highest BCUT2D eigenvalue weighted by atomic mass is 32.2. The third-order valence-electron chi connectivity index (χ3n) is 5.98. The Bertz CT molecular complexity index is 1320. The van der Waals surface area contributed by atoms with Gasteiger partial charge in [-0.25, -0.2) is 14.8 Å². The average Bonchev–Trinajstić information content (AvgIpc) is 3.67. The molecule has 0 bridgehead atoms. The predicted octanol–water partition coefficient (Wildman–Crippen LogP) is 3.15. The van der Waals surface area contributed by atoms with Crippen molar-refractivity contribution >= 4 is 34.4 Å². The van der Waals surface area contributed by atoms with Crippen molar-refractivity contribution in [3.63, 3.8) is 0 Å². The van der Waals surface area contributed by atoms with Gasteiger partial charge in [-0.05, 0) is 51.2 Å². The summed E-state index contributed by atoms with van der Waals surface area (Å²) in [7, 11) is 0. The highest BCUT2D eigenvalue weighted by Crippen LogP contribution is 2.41. The molecule has 2 heterocycles. The van der Waals surface area contributed by atoms with Gasteiger partial charge in [-0.1, -0.05) is 30.0 Å². The molecule has 32 heavy (non-hydrogen) atoms. The lowest BCUT2D eigenvalue weighted by Crippen LogP contribution is -2.33. The minimum absolute atomic E-state index is 0.0570. The summed E-state index contributed by atoms with van der Waals surface area (Å²) in [6.07, 6.45) is 3.80. The van der Waals surface area contributed by atoms with Crippen LogP contribution < -0.4 is 16.1 Å². The standard InChI is InChI=1S/C23H25N5O3S/c1-3-27(16-7-5-4-6-13(16)2)17(29)12-32-22-18-20(24-19(25-22)14-8-9-14)28(15-10-11-15)23(31)26-21(18)30/h4-7,14-15H,3,8-12H2,1-2H3,(H,26,30,31). The Kier molecular flexibility index (Phi) is 5.36. The van der Waals surface area contributed by atoms with Gasteiger partial charge in [0.25, 0.3) is 5.56 Å². The summed E-state index contributed by atoms with van der Waals surface area (Å²) in [6, 6.07) is 7.85. The van der Waals surface area contributed by atoms with Gasteiger partial charge in [0, 0.05) is 24.2 Å². The van der Waals surface area contributed by atoms with Crippen LogP contribution in [0.2, 0.25) is 0 Å². The number of rotatable bonds is 7. The van der Waals surface area contributed by atoms with E-state index in [1.807, 2.05) is 38.1 Å². The van der Waals surface area contributed by atoms with Crippen LogP contribution in [0.1, 0.15) is 56.0 Å². The molecule has 8 nitrogen and oxygen atoms in total. The van der Waals surface area contributed by atoms with E-state index in [0.717, 1.165) is 36.9 Å². The van der Waals surface area contributed by atoms with Gasteiger partial charge in [0.1, 0.15) is 16.2 Å². The minimum atomic E-state index is -0.495. The zero-order chi connectivity index (χ0) is 22.4. The number of thioether (sulfide) groups is 1. The second kappa shape index (κ2) is 8.20. The zero-order valence-corrected chi connectivity index (χ0v) is 18.9. The van der Waals surface area contributed by atoms with E-state index in [0.29, 0.717) is 28.4 Å². The fraction of sp³-hybridized carbons (Fsp3) is 0.435. The van der Waals surface area contributed by atoms with Crippen LogP contribution in [0.4, 0.5) is 5.69 Å². The lowest BCUT2D eigenvalue weighted by molar-refractivity contribution is -0.116. The molecule has 1 aromatic carbocycles. The summed E-state index contributed by atoms with van der Waals surface area (Å²) in [6.45, 7) is 4.47. The van der Waals surface area contributed by atoms with Gasteiger partial charge in [0.15, 0.2) is 5.65 Å². The molecule has 2 saturated carbocycles. The van der Waals surface area contributed by atoms with Crippen LogP contribution in [-0.2, 0) is 4.79 Å². The van der Waals surface area contributed by atoms with Crippen LogP contribution in [0.3, 0.4) is 0 Å². The number of hydrogen-bond donors (Lipinski definition) is 1. The molecule has 166 valence electrons. The Morgan fingerprint density at radius 3 is 2.59 bits per heavy atom. The van der Waals surface area contributed by atoms with E-state index >= 15 is 0 Å². The maximum absolute atomic E-state index is 13.1. The van der Waals surface area contributed by atoms with Gasteiger partial charge in [-0.3, -0.25) is 19.1 Å². The van der Waals surface area contributed by atoms with Crippen molar-refractivity contribution < 1.29 is 4.79 Å². The second-order valence-corrected chi connectivity index (χ2v) is 9.40. The van der Waals surface area contributed by atoms with Gasteiger partial charge >= 0.3 is 5.69 Å². The highest BCUT2D eigenvalue weighted by molar-refractivity contribution is 8.00. The highest BCUT2D eigenvalue weighted by Gasteiger charge is 2.32. The summed E-state index contributed by atoms with van der Waals surface area (Å²) >= 11 is 1.24. The topological polar surface area (TPSA) is 101 Å². The lowest BCUT2D eigenvalue weighted by Gasteiger charge is -2.23. The number of benzene rings is 1. The largest absolute Gasteiger partial charge is 0.330 e. The van der Waals surface area contributed by atoms with E-state index in [9.17, 15) is 14.4 Å². The number of carbonyl (C=O) groups is 1. The van der Waals surface area contributed by atoms with Crippen molar-refractivity contribution in [1.29, 1.82) is 0 Å². The number of aryl methyl sites for hydroxylation is 1. The van der Waals surface area contributed by atoms with Crippen molar-refractivity contribution in [3.8, 4) is 0 Å². The van der Waals surface area contributed by atoms with Crippen LogP contribution in [0.15, 0.2) is 38.9 Å². The molecule has 0 unspecified atom stereocenters. The Balaban J connectivity index is 1.52. The van der Waals surface area contributed by atoms with Crippen molar-refractivity contribution in [2.45, 2.75) is 56.5 Å². The number of fused-ring (bicyclic) bond motifs is 1. The first kappa shape index (κ1) is 20.9. The predicted molar refractivity (Wildman–Crippen MR) is 125 cm³/mol. The molecule has 2 aliphatic carbocycles. The number of nitrogens with zero attached hydrogens (tertiary/aromatic N) is 4. The van der Waals surface area contributed by atoms with Crippen molar-refractivity contribution in [2.24, 2.45) is 0 Å². The summed E-state index contributed by atoms with van der Waals surface area (Å²) in [5, 5.41) is 0.777. The normalized spacial score (nSPS) is 15.8. The molecule has 0 atom stereocenters. The van der Waals surface area contributed by atoms with E-state index < -0.39 is 11.2 Å². The molecule has 2 aromatic heterocycles. The number of aromatic nitrogens is 4. The maximum Gasteiger partial charge on any atom is 0.330 e. The molecule has 0 spiro atoms. The molecular formula is C23H25N5O3S. The molecule has 0 saturated heterocycles. The summed E-state index contributed by atoms with van der Waals surface area (Å²) < 4.78 is 1.60. The van der Waals surface area contributed by atoms with E-state index in [1.54, 1.807) is 9.47 Å². The van der Waals surface area contributed by atoms with Crippen LogP contribution in [-0.4, -0.2) is 37.7 Å². The molecular weight excluding hydrogens is 426 g/mol. The summed E-state index contributed by atoms with van der Waals surface area (Å²) in [5.74, 6) is 1.01. The molecule has 2 aliphatic rings. The lowest BCUT2D eigenvalue weighted by atomic mass is 10.2. The molecule has 2 fully saturated rings. The van der Waals surface area contributed by atoms with Crippen LogP contribution in [0.5, 0.6) is 0 Å². The number of hydrogen-bond acceptors (Lipinski definition) is 6. The van der Waals surface area contributed by atoms with E-state index in [-0.39, 0.29) is 23.6 Å². The van der Waals surface area contributed by atoms with Crippen LogP contribution in [0, 0.1) is 6.92 Å². The van der Waals surface area contributed by atoms with Gasteiger partial charge in [-0.15, -0.1) is 0 Å². The number of carbonyl (C=O) groups excluding carboxylic acids is 1. The van der Waals surface area contributed by atoms with Crippen molar-refractivity contribution in [2.75, 3.05) is 17.2 Å². The molecule has 0 radical (unpaired) electrons. The minimum Gasteiger partial charge on any atom is -0.312 e. The van der Waals surface area contributed by atoms with E-state index in [4.69, 9.17) is 0 Å². The van der Waals surface area contributed by atoms with E-state index in [1.165, 1.54) is 11.8 Å². The third-order valence-corrected chi connectivity index (χ3v) is 6.94. The molecule has 3 aromatic rings. The average molecular weight is 452 g/mol. The fourth-order valence-electron chi connectivity index (χ4n) is 3.99. The van der Waals surface area contributed by atoms with Crippen molar-refractivity contribution in [1.82, 2.24) is 19.5 Å². The number of nitrogens with one attached hydrogen (secondary N) is 1. The van der Waals surface area contributed by atoms with Crippen molar-refractivity contribution in [3.05, 3.63) is 56.5 Å². The molecule has 1 amide bonds. The molecule has 5 rings (SSSR count). The van der Waals surface area contributed by atoms with Crippen LogP contribution in [0.25, 0.3) is 11.0 Å². The monoisotopic (exact) mass is 451 g/mol. The number of anilines is 1. The molecule has 1 N–H and O–H groups in total. The Morgan fingerprint density at radius 1 is 1.19 bits per heavy atom. The van der Waals surface area contributed by atoms with Gasteiger partial charge in [0.05, 0.1) is 5.75 Å². The van der Waals surface area contributed by atoms with Crippen LogP contribution >= 0.6 is 11.8 Å². The zero-order valence-electron chi connectivity index (χ0n) is 18.1. The molecule has 0 aliphatic heterocycles. The summed E-state index contributed by atoms with van der Waals surface area (Å²) in [5.41, 5.74) is 1.40. The quantitative estimate of drug-likeness (QED) is 0.437. The smallest absolute Gasteiger partial charge is 0.312 e. The number of H-pyrrole nitrogens is 1. The number of para-hydroxylation sites is 1. The Hall–Kier alpha value is -2.94. The van der Waals surface area contributed by atoms with Gasteiger partial charge in [0.2, 0.25) is 5.91 Å². The first-order valence-electron chi connectivity index (χ1n) is 11.0.